The fourth-order valence-electron chi connectivity index (χ4n) is 1.80. The average Bonchev–Trinajstić information content (AvgIpc) is 2.80. The zero-order valence-corrected chi connectivity index (χ0v) is 11.4. The Morgan fingerprint density at radius 2 is 2.21 bits per heavy atom. The highest BCUT2D eigenvalue weighted by Gasteiger charge is 2.14. The van der Waals surface area contributed by atoms with E-state index in [9.17, 15) is 9.59 Å². The first-order chi connectivity index (χ1) is 9.00. The molecule has 0 fully saturated rings. The predicted octanol–water partition coefficient (Wildman–Crippen LogP) is 1.51. The van der Waals surface area contributed by atoms with Gasteiger partial charge in [0.05, 0.1) is 6.21 Å². The molecule has 98 valence electrons. The third kappa shape index (κ3) is 2.63. The van der Waals surface area contributed by atoms with Gasteiger partial charge in [0, 0.05) is 11.3 Å². The number of pyridine rings is 1. The Hall–Kier alpha value is -2.21. The van der Waals surface area contributed by atoms with E-state index in [2.05, 4.69) is 5.10 Å². The van der Waals surface area contributed by atoms with E-state index in [1.807, 2.05) is 16.8 Å². The summed E-state index contributed by atoms with van der Waals surface area (Å²) < 4.78 is 1.19. The maximum Gasteiger partial charge on any atom is 0.284 e. The van der Waals surface area contributed by atoms with E-state index >= 15 is 0 Å². The first-order valence-electron chi connectivity index (χ1n) is 5.60. The maximum atomic E-state index is 12.2. The standard InChI is InChI=1S/C13H13N3O2S/c1-8-5-9(2)16(13(18)11(8)12(14)17)15-6-10-3-4-19-7-10/h3-7H,1-2H3,(H2,14,17)/b15-6+. The van der Waals surface area contributed by atoms with E-state index in [-0.39, 0.29) is 5.56 Å². The summed E-state index contributed by atoms with van der Waals surface area (Å²) in [5.74, 6) is -0.734. The Kier molecular flexibility index (Phi) is 3.62. The number of carbonyl (C=O) groups is 1. The highest BCUT2D eigenvalue weighted by atomic mass is 32.1. The largest absolute Gasteiger partial charge is 0.365 e. The molecule has 0 aliphatic carbocycles. The lowest BCUT2D eigenvalue weighted by molar-refractivity contribution is 0.0997. The zero-order valence-electron chi connectivity index (χ0n) is 10.6. The van der Waals surface area contributed by atoms with Gasteiger partial charge in [-0.25, -0.2) is 4.68 Å². The Bertz CT molecular complexity index is 699. The van der Waals surface area contributed by atoms with Crippen molar-refractivity contribution in [3.8, 4) is 0 Å². The van der Waals surface area contributed by atoms with Gasteiger partial charge in [-0.3, -0.25) is 9.59 Å². The molecule has 0 spiro atoms. The van der Waals surface area contributed by atoms with Crippen LogP contribution < -0.4 is 11.3 Å². The summed E-state index contributed by atoms with van der Waals surface area (Å²) in [6, 6.07) is 3.60. The summed E-state index contributed by atoms with van der Waals surface area (Å²) >= 11 is 1.54. The third-order valence-electron chi connectivity index (χ3n) is 2.67. The van der Waals surface area contributed by atoms with Crippen LogP contribution in [0.2, 0.25) is 0 Å². The second-order valence-corrected chi connectivity index (χ2v) is 4.91. The summed E-state index contributed by atoms with van der Waals surface area (Å²) in [5, 5.41) is 7.94. The van der Waals surface area contributed by atoms with Crippen LogP contribution >= 0.6 is 11.3 Å². The van der Waals surface area contributed by atoms with E-state index in [0.717, 1.165) is 5.56 Å². The number of nitrogens with zero attached hydrogens (tertiary/aromatic N) is 2. The van der Waals surface area contributed by atoms with Gasteiger partial charge >= 0.3 is 0 Å². The van der Waals surface area contributed by atoms with Gasteiger partial charge in [-0.2, -0.15) is 16.4 Å². The van der Waals surface area contributed by atoms with Crippen LogP contribution in [-0.4, -0.2) is 16.8 Å². The van der Waals surface area contributed by atoms with E-state index in [0.29, 0.717) is 11.3 Å². The Morgan fingerprint density at radius 1 is 1.47 bits per heavy atom. The molecule has 19 heavy (non-hydrogen) atoms. The lowest BCUT2D eigenvalue weighted by Crippen LogP contribution is -2.30. The molecule has 0 saturated heterocycles. The van der Waals surface area contributed by atoms with Crippen molar-refractivity contribution in [2.75, 3.05) is 0 Å². The number of hydrogen-bond acceptors (Lipinski definition) is 4. The topological polar surface area (TPSA) is 77.4 Å². The lowest BCUT2D eigenvalue weighted by atomic mass is 10.1. The third-order valence-corrected chi connectivity index (χ3v) is 3.37. The van der Waals surface area contributed by atoms with Crippen molar-refractivity contribution in [3.63, 3.8) is 0 Å². The molecule has 2 heterocycles. The van der Waals surface area contributed by atoms with Gasteiger partial charge in [0.2, 0.25) is 0 Å². The molecule has 0 radical (unpaired) electrons. The van der Waals surface area contributed by atoms with Crippen molar-refractivity contribution >= 4 is 23.5 Å². The molecule has 0 aliphatic heterocycles. The van der Waals surface area contributed by atoms with Crippen molar-refractivity contribution < 1.29 is 4.79 Å². The molecule has 2 rings (SSSR count). The number of rotatable bonds is 3. The van der Waals surface area contributed by atoms with E-state index in [4.69, 9.17) is 5.73 Å². The number of hydrogen-bond donors (Lipinski definition) is 1. The molecule has 2 aromatic heterocycles. The first-order valence-corrected chi connectivity index (χ1v) is 6.54. The summed E-state index contributed by atoms with van der Waals surface area (Å²) in [6.45, 7) is 3.44. The summed E-state index contributed by atoms with van der Waals surface area (Å²) in [4.78, 5) is 23.5. The minimum Gasteiger partial charge on any atom is -0.365 e. The van der Waals surface area contributed by atoms with Gasteiger partial charge < -0.3 is 5.73 Å². The zero-order chi connectivity index (χ0) is 14.0. The number of amides is 1. The number of carbonyl (C=O) groups excluding carboxylic acids is 1. The molecule has 0 atom stereocenters. The Morgan fingerprint density at radius 3 is 2.79 bits per heavy atom. The maximum absolute atomic E-state index is 12.2. The smallest absolute Gasteiger partial charge is 0.284 e. The Labute approximate surface area is 114 Å². The monoisotopic (exact) mass is 275 g/mol. The van der Waals surface area contributed by atoms with Gasteiger partial charge in [-0.15, -0.1) is 0 Å². The van der Waals surface area contributed by atoms with Crippen LogP contribution in [0.15, 0.2) is 32.8 Å². The van der Waals surface area contributed by atoms with Crippen molar-refractivity contribution in [1.29, 1.82) is 0 Å². The molecular weight excluding hydrogens is 262 g/mol. The van der Waals surface area contributed by atoms with Gasteiger partial charge in [0.1, 0.15) is 5.56 Å². The quantitative estimate of drug-likeness (QED) is 0.862. The lowest BCUT2D eigenvalue weighted by Gasteiger charge is -2.07. The molecular formula is C13H13N3O2S. The average molecular weight is 275 g/mol. The number of thiophene rings is 1. The number of aromatic nitrogens is 1. The molecule has 0 saturated carbocycles. The van der Waals surface area contributed by atoms with Crippen molar-refractivity contribution in [2.45, 2.75) is 13.8 Å². The van der Waals surface area contributed by atoms with Crippen molar-refractivity contribution in [2.24, 2.45) is 10.8 Å². The van der Waals surface area contributed by atoms with Crippen molar-refractivity contribution in [3.05, 3.63) is 55.6 Å². The minimum atomic E-state index is -0.734. The molecule has 5 nitrogen and oxygen atoms in total. The highest BCUT2D eigenvalue weighted by molar-refractivity contribution is 7.08. The number of primary amides is 1. The normalized spacial score (nSPS) is 11.1. The molecule has 6 heteroatoms. The molecule has 0 unspecified atom stereocenters. The van der Waals surface area contributed by atoms with E-state index < -0.39 is 11.5 Å². The van der Waals surface area contributed by atoms with E-state index in [1.54, 1.807) is 37.5 Å². The predicted molar refractivity (Wildman–Crippen MR) is 76.0 cm³/mol. The van der Waals surface area contributed by atoms with Crippen LogP contribution in [0.4, 0.5) is 0 Å². The molecule has 0 bridgehead atoms. The van der Waals surface area contributed by atoms with Crippen LogP contribution in [0.3, 0.4) is 0 Å². The van der Waals surface area contributed by atoms with Crippen LogP contribution in [0.25, 0.3) is 0 Å². The first kappa shape index (κ1) is 13.2. The second-order valence-electron chi connectivity index (χ2n) is 4.13. The number of aryl methyl sites for hydroxylation is 2. The van der Waals surface area contributed by atoms with E-state index in [1.165, 1.54) is 4.68 Å². The van der Waals surface area contributed by atoms with Gasteiger partial charge in [-0.05, 0) is 42.3 Å². The van der Waals surface area contributed by atoms with Crippen LogP contribution in [0.5, 0.6) is 0 Å². The van der Waals surface area contributed by atoms with Crippen LogP contribution in [-0.2, 0) is 0 Å². The molecule has 2 N–H and O–H groups in total. The summed E-state index contributed by atoms with van der Waals surface area (Å²) in [7, 11) is 0. The minimum absolute atomic E-state index is 0.0203. The SMILES string of the molecule is Cc1cc(C)n(/N=C/c2ccsc2)c(=O)c1C(N)=O. The second kappa shape index (κ2) is 5.19. The molecule has 1 amide bonds. The van der Waals surface area contributed by atoms with Crippen LogP contribution in [0.1, 0.15) is 27.2 Å². The van der Waals surface area contributed by atoms with Gasteiger partial charge in [-0.1, -0.05) is 0 Å². The molecule has 2 aromatic rings. The fourth-order valence-corrected chi connectivity index (χ4v) is 2.41. The van der Waals surface area contributed by atoms with Gasteiger partial charge in [0.25, 0.3) is 11.5 Å². The highest BCUT2D eigenvalue weighted by Crippen LogP contribution is 2.07. The summed E-state index contributed by atoms with van der Waals surface area (Å²) in [6.07, 6.45) is 1.57. The molecule has 0 aliphatic rings. The van der Waals surface area contributed by atoms with Gasteiger partial charge in [0.15, 0.2) is 0 Å². The number of nitrogens with two attached hydrogens (primary N) is 1. The molecule has 0 aromatic carbocycles. The van der Waals surface area contributed by atoms with Crippen LogP contribution in [0, 0.1) is 13.8 Å². The summed E-state index contributed by atoms with van der Waals surface area (Å²) in [5.41, 5.74) is 6.83. The fraction of sp³-hybridized carbons (Fsp3) is 0.154. The van der Waals surface area contributed by atoms with Crippen molar-refractivity contribution in [1.82, 2.24) is 4.68 Å². The Balaban J connectivity index is 2.55.